The second kappa shape index (κ2) is 10.8. The highest BCUT2D eigenvalue weighted by Crippen LogP contribution is 2.32. The molecule has 39 heavy (non-hydrogen) atoms. The van der Waals surface area contributed by atoms with E-state index in [1.165, 1.54) is 12.1 Å². The zero-order chi connectivity index (χ0) is 27.5. The topological polar surface area (TPSA) is 112 Å². The number of allylic oxidation sites excluding steroid dienone is 2. The highest BCUT2D eigenvalue weighted by molar-refractivity contribution is 5.94. The lowest BCUT2D eigenvalue weighted by molar-refractivity contribution is -0.116. The van der Waals surface area contributed by atoms with Crippen LogP contribution in [0.2, 0.25) is 0 Å². The van der Waals surface area contributed by atoms with E-state index in [4.69, 9.17) is 4.98 Å². The van der Waals surface area contributed by atoms with Crippen molar-refractivity contribution in [1.82, 2.24) is 30.1 Å². The van der Waals surface area contributed by atoms with E-state index in [-0.39, 0.29) is 17.6 Å². The molecule has 0 aliphatic carbocycles. The van der Waals surface area contributed by atoms with Crippen molar-refractivity contribution in [2.24, 2.45) is 5.92 Å². The molecule has 0 atom stereocenters. The molecular formula is C30H28FN7O. The summed E-state index contributed by atoms with van der Waals surface area (Å²) in [4.78, 5) is 29.3. The van der Waals surface area contributed by atoms with Gasteiger partial charge in [-0.1, -0.05) is 44.7 Å². The summed E-state index contributed by atoms with van der Waals surface area (Å²) in [6.07, 6.45) is 9.05. The number of halogens is 1. The molecule has 4 heterocycles. The van der Waals surface area contributed by atoms with E-state index in [1.54, 1.807) is 36.8 Å². The van der Waals surface area contributed by atoms with Gasteiger partial charge in [0.25, 0.3) is 0 Å². The van der Waals surface area contributed by atoms with E-state index < -0.39 is 0 Å². The normalized spacial score (nSPS) is 11.8. The first-order valence-corrected chi connectivity index (χ1v) is 12.6. The lowest BCUT2D eigenvalue weighted by atomic mass is 10.0. The molecule has 5 rings (SSSR count). The van der Waals surface area contributed by atoms with Crippen molar-refractivity contribution in [2.75, 3.05) is 5.32 Å². The van der Waals surface area contributed by atoms with E-state index in [0.29, 0.717) is 29.3 Å². The zero-order valence-corrected chi connectivity index (χ0v) is 21.9. The second-order valence-electron chi connectivity index (χ2n) is 9.68. The monoisotopic (exact) mass is 521 g/mol. The Kier molecular flexibility index (Phi) is 7.14. The fraction of sp³-hybridized carbons (Fsp3) is 0.167. The van der Waals surface area contributed by atoms with Crippen LogP contribution in [0.3, 0.4) is 0 Å². The van der Waals surface area contributed by atoms with Crippen LogP contribution in [0.1, 0.15) is 37.2 Å². The van der Waals surface area contributed by atoms with E-state index in [2.05, 4.69) is 37.0 Å². The van der Waals surface area contributed by atoms with Crippen LogP contribution in [0, 0.1) is 18.7 Å². The average Bonchev–Trinajstić information content (AvgIpc) is 3.50. The van der Waals surface area contributed by atoms with Crippen molar-refractivity contribution in [3.63, 3.8) is 0 Å². The summed E-state index contributed by atoms with van der Waals surface area (Å²) in [5.41, 5.74) is 6.67. The summed E-state index contributed by atoms with van der Waals surface area (Å²) in [6.45, 7) is 9.76. The predicted octanol–water partition coefficient (Wildman–Crippen LogP) is 6.46. The number of aromatic amines is 2. The van der Waals surface area contributed by atoms with Crippen LogP contribution in [0.25, 0.3) is 39.3 Å². The van der Waals surface area contributed by atoms with Gasteiger partial charge in [0.05, 0.1) is 23.0 Å². The van der Waals surface area contributed by atoms with Gasteiger partial charge in [-0.2, -0.15) is 5.10 Å². The van der Waals surface area contributed by atoms with Gasteiger partial charge >= 0.3 is 0 Å². The number of carbonyl (C=O) groups excluding carboxylic acids is 1. The standard InChI is InChI=1S/C30H28FN7O/c1-5-6-24(19-7-9-22(31)10-8-19)27-18(4)34-30(36-27)28-25-13-21(15-33-29(25)38-37-28)20-12-23(16-32-14-20)35-26(39)11-17(2)3/h5-10,12-17H,1,11H2,2-4H3,(H,34,36)(H,35,39)(H,33,37,38)/b24-6-. The smallest absolute Gasteiger partial charge is 0.224 e. The summed E-state index contributed by atoms with van der Waals surface area (Å²) in [5.74, 6) is 0.497. The quantitative estimate of drug-likeness (QED) is 0.203. The van der Waals surface area contributed by atoms with Crippen molar-refractivity contribution in [2.45, 2.75) is 27.2 Å². The number of hydrogen-bond donors (Lipinski definition) is 3. The van der Waals surface area contributed by atoms with Crippen molar-refractivity contribution >= 4 is 28.2 Å². The van der Waals surface area contributed by atoms with E-state index in [0.717, 1.165) is 39.0 Å². The maximum absolute atomic E-state index is 13.5. The fourth-order valence-corrected chi connectivity index (χ4v) is 4.39. The van der Waals surface area contributed by atoms with Crippen LogP contribution in [0.15, 0.2) is 73.7 Å². The molecule has 4 aromatic heterocycles. The first-order chi connectivity index (χ1) is 18.8. The van der Waals surface area contributed by atoms with Crippen molar-refractivity contribution in [3.05, 3.63) is 96.5 Å². The van der Waals surface area contributed by atoms with Gasteiger partial charge in [-0.15, -0.1) is 0 Å². The van der Waals surface area contributed by atoms with Crippen molar-refractivity contribution in [3.8, 4) is 22.6 Å². The third-order valence-electron chi connectivity index (χ3n) is 6.17. The van der Waals surface area contributed by atoms with Gasteiger partial charge in [0.2, 0.25) is 5.91 Å². The molecule has 5 aromatic rings. The number of aryl methyl sites for hydroxylation is 1. The van der Waals surface area contributed by atoms with Crippen LogP contribution >= 0.6 is 0 Å². The molecule has 0 saturated heterocycles. The number of fused-ring (bicyclic) bond motifs is 1. The third-order valence-corrected chi connectivity index (χ3v) is 6.17. The first-order valence-electron chi connectivity index (χ1n) is 12.6. The summed E-state index contributed by atoms with van der Waals surface area (Å²) in [7, 11) is 0. The van der Waals surface area contributed by atoms with Crippen LogP contribution < -0.4 is 5.32 Å². The van der Waals surface area contributed by atoms with Gasteiger partial charge in [0.1, 0.15) is 11.5 Å². The Morgan fingerprint density at radius 3 is 2.64 bits per heavy atom. The fourth-order valence-electron chi connectivity index (χ4n) is 4.39. The molecule has 0 aliphatic heterocycles. The zero-order valence-electron chi connectivity index (χ0n) is 21.9. The van der Waals surface area contributed by atoms with Crippen LogP contribution in [-0.2, 0) is 4.79 Å². The van der Waals surface area contributed by atoms with Crippen LogP contribution in [0.5, 0.6) is 0 Å². The largest absolute Gasteiger partial charge is 0.340 e. The predicted molar refractivity (Wildman–Crippen MR) is 151 cm³/mol. The number of amides is 1. The summed E-state index contributed by atoms with van der Waals surface area (Å²) in [6, 6.07) is 10.1. The Morgan fingerprint density at radius 1 is 1.13 bits per heavy atom. The van der Waals surface area contributed by atoms with Gasteiger partial charge in [-0.05, 0) is 42.7 Å². The molecule has 1 amide bonds. The number of rotatable bonds is 8. The minimum atomic E-state index is -0.304. The van der Waals surface area contributed by atoms with Crippen molar-refractivity contribution < 1.29 is 9.18 Å². The highest BCUT2D eigenvalue weighted by Gasteiger charge is 2.18. The number of H-pyrrole nitrogens is 2. The molecule has 196 valence electrons. The number of hydrogen-bond acceptors (Lipinski definition) is 5. The lowest BCUT2D eigenvalue weighted by Crippen LogP contribution is -2.13. The van der Waals surface area contributed by atoms with E-state index in [1.807, 2.05) is 39.0 Å². The maximum Gasteiger partial charge on any atom is 0.224 e. The maximum atomic E-state index is 13.5. The Bertz CT molecular complexity index is 1700. The van der Waals surface area contributed by atoms with Gasteiger partial charge in [0.15, 0.2) is 11.5 Å². The number of pyridine rings is 2. The van der Waals surface area contributed by atoms with Crippen LogP contribution in [0.4, 0.5) is 10.1 Å². The molecule has 0 radical (unpaired) electrons. The van der Waals surface area contributed by atoms with Gasteiger partial charge < -0.3 is 10.3 Å². The molecular weight excluding hydrogens is 493 g/mol. The van der Waals surface area contributed by atoms with E-state index in [9.17, 15) is 9.18 Å². The molecule has 0 aliphatic rings. The van der Waals surface area contributed by atoms with Gasteiger partial charge in [-0.25, -0.2) is 14.4 Å². The number of imidazole rings is 1. The number of anilines is 1. The number of nitrogens with one attached hydrogen (secondary N) is 3. The molecule has 8 nitrogen and oxygen atoms in total. The lowest BCUT2D eigenvalue weighted by Gasteiger charge is -2.08. The molecule has 0 spiro atoms. The molecule has 1 aromatic carbocycles. The second-order valence-corrected chi connectivity index (χ2v) is 9.68. The molecule has 3 N–H and O–H groups in total. The summed E-state index contributed by atoms with van der Waals surface area (Å²) < 4.78 is 13.5. The van der Waals surface area contributed by atoms with E-state index >= 15 is 0 Å². The Labute approximate surface area is 225 Å². The van der Waals surface area contributed by atoms with Crippen molar-refractivity contribution in [1.29, 1.82) is 0 Å². The Balaban J connectivity index is 1.50. The van der Waals surface area contributed by atoms with Gasteiger partial charge in [0, 0.05) is 41.2 Å². The molecule has 0 fully saturated rings. The summed E-state index contributed by atoms with van der Waals surface area (Å²) in [5, 5.41) is 11.1. The molecule has 9 heteroatoms. The molecule has 0 bridgehead atoms. The molecule has 0 saturated carbocycles. The summed E-state index contributed by atoms with van der Waals surface area (Å²) >= 11 is 0. The Morgan fingerprint density at radius 2 is 1.90 bits per heavy atom. The van der Waals surface area contributed by atoms with Gasteiger partial charge in [-0.3, -0.25) is 14.9 Å². The minimum absolute atomic E-state index is 0.0517. The van der Waals surface area contributed by atoms with Crippen LogP contribution in [-0.4, -0.2) is 36.0 Å². The molecule has 0 unspecified atom stereocenters. The Hall–Kier alpha value is -4.92. The SMILES string of the molecule is C=C/C=C(/c1ccc(F)cc1)c1nc(-c2[nH]nc3ncc(-c4cncc(NC(=O)CC(C)C)c4)cc23)[nH]c1C. The number of aromatic nitrogens is 6. The number of carbonyl (C=O) groups is 1. The third kappa shape index (κ3) is 5.52. The number of benzene rings is 1. The average molecular weight is 522 g/mol. The first kappa shape index (κ1) is 25.7. The number of nitrogens with zero attached hydrogens (tertiary/aromatic N) is 4. The minimum Gasteiger partial charge on any atom is -0.340 e. The highest BCUT2D eigenvalue weighted by atomic mass is 19.1.